The Labute approximate surface area is 76.3 Å². The van der Waals surface area contributed by atoms with Gasteiger partial charge in [0.2, 0.25) is 0 Å². The van der Waals surface area contributed by atoms with Crippen LogP contribution in [0.2, 0.25) is 0 Å². The third-order valence-corrected chi connectivity index (χ3v) is 1.19. The van der Waals surface area contributed by atoms with Gasteiger partial charge in [0.1, 0.15) is 0 Å². The van der Waals surface area contributed by atoms with E-state index in [1.807, 2.05) is 0 Å². The van der Waals surface area contributed by atoms with Crippen LogP contribution in [0.3, 0.4) is 0 Å². The van der Waals surface area contributed by atoms with Gasteiger partial charge in [0.05, 0.1) is 0 Å². The molecule has 0 N–H and O–H groups in total. The van der Waals surface area contributed by atoms with Gasteiger partial charge < -0.3 is 4.74 Å². The Balaban J connectivity index is 3.58. The minimum absolute atomic E-state index is 0.184. The van der Waals surface area contributed by atoms with Crippen LogP contribution in [0.25, 0.3) is 0 Å². The Morgan fingerprint density at radius 1 is 1.42 bits per heavy atom. The number of hydrogen-bond acceptors (Lipinski definition) is 3. The molecule has 0 rings (SSSR count). The first-order valence-corrected chi connectivity index (χ1v) is 3.93. The maximum atomic E-state index is 10.7. The van der Waals surface area contributed by atoms with Crippen molar-refractivity contribution >= 4 is 23.5 Å². The highest BCUT2D eigenvalue weighted by atomic mass is 35.5. The monoisotopic (exact) mass is 190 g/mol. The molecule has 0 aliphatic rings. The van der Waals surface area contributed by atoms with Crippen molar-refractivity contribution in [3.63, 3.8) is 0 Å². The van der Waals surface area contributed by atoms with Crippen LogP contribution in [0.5, 0.6) is 0 Å². The van der Waals surface area contributed by atoms with Crippen LogP contribution >= 0.6 is 11.6 Å². The van der Waals surface area contributed by atoms with Crippen LogP contribution in [0.1, 0.15) is 26.7 Å². The lowest BCUT2D eigenvalue weighted by Gasteiger charge is -1.96. The standard InChI is InChI=1S/C8H11ClO3/c1-6(9)4-3-5-8(11)12-7(2)10/h4H,3,5H2,1-2H3. The molecule has 0 saturated heterocycles. The second kappa shape index (κ2) is 5.77. The molecular formula is C8H11ClO3. The molecule has 0 saturated carbocycles. The third kappa shape index (κ3) is 7.28. The van der Waals surface area contributed by atoms with Gasteiger partial charge in [-0.25, -0.2) is 0 Å². The quantitative estimate of drug-likeness (QED) is 0.505. The van der Waals surface area contributed by atoms with Crippen molar-refractivity contribution in [1.82, 2.24) is 0 Å². The molecule has 4 heteroatoms. The van der Waals surface area contributed by atoms with Gasteiger partial charge in [0, 0.05) is 18.4 Å². The van der Waals surface area contributed by atoms with E-state index in [0.29, 0.717) is 11.5 Å². The fourth-order valence-corrected chi connectivity index (χ4v) is 0.709. The molecule has 68 valence electrons. The Kier molecular flexibility index (Phi) is 5.37. The van der Waals surface area contributed by atoms with E-state index in [9.17, 15) is 9.59 Å². The van der Waals surface area contributed by atoms with Crippen molar-refractivity contribution in [1.29, 1.82) is 0 Å². The van der Waals surface area contributed by atoms with Crippen molar-refractivity contribution in [2.75, 3.05) is 0 Å². The number of rotatable bonds is 3. The molecule has 0 aromatic heterocycles. The number of carbonyl (C=O) groups is 2. The van der Waals surface area contributed by atoms with Crippen LogP contribution in [0, 0.1) is 0 Å². The molecule has 0 spiro atoms. The maximum absolute atomic E-state index is 10.7. The Morgan fingerprint density at radius 2 is 2.00 bits per heavy atom. The third-order valence-electron chi connectivity index (χ3n) is 1.03. The minimum Gasteiger partial charge on any atom is -0.393 e. The molecule has 3 nitrogen and oxygen atoms in total. The summed E-state index contributed by atoms with van der Waals surface area (Å²) >= 11 is 5.51. The molecule has 0 aromatic rings. The molecule has 0 unspecified atom stereocenters. The second-order valence-electron chi connectivity index (χ2n) is 2.30. The Bertz CT molecular complexity index is 204. The van der Waals surface area contributed by atoms with Crippen molar-refractivity contribution in [2.45, 2.75) is 26.7 Å². The van der Waals surface area contributed by atoms with Gasteiger partial charge in [-0.1, -0.05) is 17.7 Å². The van der Waals surface area contributed by atoms with E-state index in [-0.39, 0.29) is 6.42 Å². The topological polar surface area (TPSA) is 43.4 Å². The summed E-state index contributed by atoms with van der Waals surface area (Å²) in [6, 6.07) is 0. The smallest absolute Gasteiger partial charge is 0.313 e. The summed E-state index contributed by atoms with van der Waals surface area (Å²) in [5, 5.41) is 0.630. The van der Waals surface area contributed by atoms with E-state index in [1.165, 1.54) is 6.92 Å². The molecule has 0 radical (unpaired) electrons. The molecular weight excluding hydrogens is 180 g/mol. The first-order valence-electron chi connectivity index (χ1n) is 3.56. The van der Waals surface area contributed by atoms with Gasteiger partial charge in [-0.3, -0.25) is 9.59 Å². The Morgan fingerprint density at radius 3 is 2.42 bits per heavy atom. The van der Waals surface area contributed by atoms with Crippen LogP contribution in [0.4, 0.5) is 0 Å². The highest BCUT2D eigenvalue weighted by Gasteiger charge is 2.03. The predicted molar refractivity (Wildman–Crippen MR) is 45.6 cm³/mol. The zero-order valence-electron chi connectivity index (χ0n) is 7.09. The average Bonchev–Trinajstić information content (AvgIpc) is 1.84. The summed E-state index contributed by atoms with van der Waals surface area (Å²) in [7, 11) is 0. The molecule has 0 fully saturated rings. The summed E-state index contributed by atoms with van der Waals surface area (Å²) in [6.07, 6.45) is 2.38. The van der Waals surface area contributed by atoms with Crippen LogP contribution in [-0.4, -0.2) is 11.9 Å². The zero-order valence-corrected chi connectivity index (χ0v) is 7.85. The normalized spacial score (nSPS) is 11.1. The molecule has 0 heterocycles. The van der Waals surface area contributed by atoms with E-state index in [1.54, 1.807) is 13.0 Å². The number of ether oxygens (including phenoxy) is 1. The Hall–Kier alpha value is -0.830. The molecule has 0 aliphatic heterocycles. The molecule has 0 aliphatic carbocycles. The lowest BCUT2D eigenvalue weighted by molar-refractivity contribution is -0.157. The molecule has 0 aromatic carbocycles. The fourth-order valence-electron chi connectivity index (χ4n) is 0.600. The van der Waals surface area contributed by atoms with Gasteiger partial charge in [0.15, 0.2) is 0 Å². The highest BCUT2D eigenvalue weighted by Crippen LogP contribution is 2.02. The lowest BCUT2D eigenvalue weighted by atomic mass is 10.3. The minimum atomic E-state index is -0.577. The number of hydrogen-bond donors (Lipinski definition) is 0. The van der Waals surface area contributed by atoms with Crippen molar-refractivity contribution in [2.24, 2.45) is 0 Å². The first kappa shape index (κ1) is 11.2. The van der Waals surface area contributed by atoms with E-state index in [0.717, 1.165) is 0 Å². The molecule has 0 amide bonds. The molecule has 12 heavy (non-hydrogen) atoms. The zero-order chi connectivity index (χ0) is 9.56. The number of esters is 2. The highest BCUT2D eigenvalue weighted by molar-refractivity contribution is 6.29. The van der Waals surface area contributed by atoms with Gasteiger partial charge >= 0.3 is 11.9 Å². The van der Waals surface area contributed by atoms with Gasteiger partial charge in [-0.05, 0) is 13.3 Å². The number of carbonyl (C=O) groups excluding carboxylic acids is 2. The SMILES string of the molecule is CC(=O)OC(=O)CCC=C(C)Cl. The molecule has 0 atom stereocenters. The van der Waals surface area contributed by atoms with Crippen molar-refractivity contribution in [3.8, 4) is 0 Å². The fraction of sp³-hybridized carbons (Fsp3) is 0.500. The largest absolute Gasteiger partial charge is 0.393 e. The van der Waals surface area contributed by atoms with E-state index < -0.39 is 11.9 Å². The van der Waals surface area contributed by atoms with E-state index in [2.05, 4.69) is 4.74 Å². The molecule has 0 bridgehead atoms. The summed E-state index contributed by atoms with van der Waals surface area (Å²) in [5.74, 6) is -1.09. The summed E-state index contributed by atoms with van der Waals surface area (Å²) in [6.45, 7) is 2.92. The van der Waals surface area contributed by atoms with Gasteiger partial charge in [-0.15, -0.1) is 0 Å². The average molecular weight is 191 g/mol. The lowest BCUT2D eigenvalue weighted by Crippen LogP contribution is -2.07. The van der Waals surface area contributed by atoms with Gasteiger partial charge in [-0.2, -0.15) is 0 Å². The van der Waals surface area contributed by atoms with E-state index in [4.69, 9.17) is 11.6 Å². The van der Waals surface area contributed by atoms with Crippen molar-refractivity contribution in [3.05, 3.63) is 11.1 Å². The maximum Gasteiger partial charge on any atom is 0.313 e. The summed E-state index contributed by atoms with van der Waals surface area (Å²) < 4.78 is 4.28. The van der Waals surface area contributed by atoms with Crippen LogP contribution in [0.15, 0.2) is 11.1 Å². The predicted octanol–water partition coefficient (Wildman–Crippen LogP) is 2.00. The van der Waals surface area contributed by atoms with Gasteiger partial charge in [0.25, 0.3) is 0 Å². The number of allylic oxidation sites excluding steroid dienone is 2. The van der Waals surface area contributed by atoms with Crippen LogP contribution < -0.4 is 0 Å². The number of halogens is 1. The second-order valence-corrected chi connectivity index (χ2v) is 2.89. The summed E-state index contributed by atoms with van der Waals surface area (Å²) in [4.78, 5) is 21.0. The summed E-state index contributed by atoms with van der Waals surface area (Å²) in [5.41, 5.74) is 0. The van der Waals surface area contributed by atoms with E-state index >= 15 is 0 Å². The van der Waals surface area contributed by atoms with Crippen LogP contribution in [-0.2, 0) is 14.3 Å². The van der Waals surface area contributed by atoms with Crippen molar-refractivity contribution < 1.29 is 14.3 Å². The first-order chi connectivity index (χ1) is 5.52.